The van der Waals surface area contributed by atoms with Crippen molar-refractivity contribution < 1.29 is 12.8 Å². The molecule has 1 aromatic heterocycles. The van der Waals surface area contributed by atoms with E-state index in [1.807, 2.05) is 12.1 Å². The zero-order chi connectivity index (χ0) is 21.3. The summed E-state index contributed by atoms with van der Waals surface area (Å²) in [5.41, 5.74) is 2.80. The molecule has 1 saturated heterocycles. The maximum absolute atomic E-state index is 13.6. The normalized spacial score (nSPS) is 15.5. The molecule has 0 unspecified atom stereocenters. The first kappa shape index (κ1) is 21.5. The minimum absolute atomic E-state index is 0.117. The second-order valence-corrected chi connectivity index (χ2v) is 11.5. The van der Waals surface area contributed by atoms with Crippen LogP contribution in [0.15, 0.2) is 57.2 Å². The molecule has 3 aromatic rings. The SMILES string of the molecule is Cc1ccc(F)cc1S(=O)(=O)C1CCN(c2nc(Cc3cccc(Br)c3)cs2)CC1. The minimum atomic E-state index is -3.55. The van der Waals surface area contributed by atoms with E-state index in [1.54, 1.807) is 18.3 Å². The topological polar surface area (TPSA) is 50.3 Å². The molecule has 0 saturated carbocycles. The number of thiazole rings is 1. The van der Waals surface area contributed by atoms with Crippen LogP contribution in [-0.4, -0.2) is 31.7 Å². The van der Waals surface area contributed by atoms with Gasteiger partial charge in [0, 0.05) is 29.4 Å². The fourth-order valence-corrected chi connectivity index (χ4v) is 7.11. The Labute approximate surface area is 188 Å². The van der Waals surface area contributed by atoms with E-state index in [9.17, 15) is 12.8 Å². The zero-order valence-electron chi connectivity index (χ0n) is 16.5. The van der Waals surface area contributed by atoms with E-state index in [1.165, 1.54) is 17.7 Å². The molecule has 0 radical (unpaired) electrons. The molecule has 0 bridgehead atoms. The van der Waals surface area contributed by atoms with Gasteiger partial charge in [0.05, 0.1) is 15.8 Å². The number of aromatic nitrogens is 1. The van der Waals surface area contributed by atoms with E-state index in [-0.39, 0.29) is 4.90 Å². The number of nitrogens with zero attached hydrogens (tertiary/aromatic N) is 2. The highest BCUT2D eigenvalue weighted by Crippen LogP contribution is 2.31. The average Bonchev–Trinajstić information content (AvgIpc) is 3.18. The van der Waals surface area contributed by atoms with Crippen molar-refractivity contribution in [1.82, 2.24) is 4.98 Å². The van der Waals surface area contributed by atoms with Crippen molar-refractivity contribution in [2.75, 3.05) is 18.0 Å². The molecule has 2 heterocycles. The highest BCUT2D eigenvalue weighted by Gasteiger charge is 2.33. The van der Waals surface area contributed by atoms with Gasteiger partial charge in [0.15, 0.2) is 15.0 Å². The van der Waals surface area contributed by atoms with Crippen LogP contribution in [0.4, 0.5) is 9.52 Å². The van der Waals surface area contributed by atoms with Crippen molar-refractivity contribution in [1.29, 1.82) is 0 Å². The summed E-state index contributed by atoms with van der Waals surface area (Å²) < 4.78 is 40.7. The van der Waals surface area contributed by atoms with Crippen molar-refractivity contribution >= 4 is 42.2 Å². The molecule has 0 atom stereocenters. The first-order chi connectivity index (χ1) is 14.3. The quantitative estimate of drug-likeness (QED) is 0.463. The maximum Gasteiger partial charge on any atom is 0.185 e. The summed E-state index contributed by atoms with van der Waals surface area (Å²) in [5.74, 6) is -0.516. The standard InChI is InChI=1S/C22H22BrFN2O2S2/c1-15-5-6-18(24)13-21(15)30(27,28)20-7-9-26(10-8-20)22-25-19(14-29-22)12-16-3-2-4-17(23)11-16/h2-6,11,13-14,20H,7-10,12H2,1H3. The highest BCUT2D eigenvalue weighted by molar-refractivity contribution is 9.10. The van der Waals surface area contributed by atoms with Crippen molar-refractivity contribution in [3.05, 3.63) is 75.0 Å². The van der Waals surface area contributed by atoms with Crippen LogP contribution in [0, 0.1) is 12.7 Å². The van der Waals surface area contributed by atoms with Gasteiger partial charge < -0.3 is 4.90 Å². The van der Waals surface area contributed by atoms with E-state index in [0.717, 1.165) is 27.8 Å². The number of sulfone groups is 1. The summed E-state index contributed by atoms with van der Waals surface area (Å²) in [6.45, 7) is 2.97. The lowest BCUT2D eigenvalue weighted by Crippen LogP contribution is -2.39. The van der Waals surface area contributed by atoms with Crippen LogP contribution in [0.3, 0.4) is 0 Å². The third-order valence-electron chi connectivity index (χ3n) is 5.42. The molecule has 0 spiro atoms. The van der Waals surface area contributed by atoms with Gasteiger partial charge in [-0.25, -0.2) is 17.8 Å². The molecule has 4 rings (SSSR count). The van der Waals surface area contributed by atoms with Crippen LogP contribution in [0.5, 0.6) is 0 Å². The summed E-state index contributed by atoms with van der Waals surface area (Å²) in [6.07, 6.45) is 1.79. The lowest BCUT2D eigenvalue weighted by Gasteiger charge is -2.31. The van der Waals surface area contributed by atoms with E-state index in [4.69, 9.17) is 4.98 Å². The molecule has 1 aliphatic heterocycles. The molecule has 4 nitrogen and oxygen atoms in total. The molecule has 2 aromatic carbocycles. The fraction of sp³-hybridized carbons (Fsp3) is 0.318. The Kier molecular flexibility index (Phi) is 6.27. The van der Waals surface area contributed by atoms with Gasteiger partial charge in [-0.2, -0.15) is 0 Å². The summed E-state index contributed by atoms with van der Waals surface area (Å²) in [5, 5.41) is 2.50. The highest BCUT2D eigenvalue weighted by atomic mass is 79.9. The Morgan fingerprint density at radius 3 is 2.70 bits per heavy atom. The van der Waals surface area contributed by atoms with Gasteiger partial charge in [-0.15, -0.1) is 11.3 Å². The first-order valence-electron chi connectivity index (χ1n) is 9.77. The smallest absolute Gasteiger partial charge is 0.185 e. The van der Waals surface area contributed by atoms with E-state index >= 15 is 0 Å². The van der Waals surface area contributed by atoms with Gasteiger partial charge in [-0.3, -0.25) is 0 Å². The number of halogens is 2. The largest absolute Gasteiger partial charge is 0.348 e. The average molecular weight is 509 g/mol. The number of benzene rings is 2. The Bertz CT molecular complexity index is 1160. The second kappa shape index (κ2) is 8.77. The molecular weight excluding hydrogens is 487 g/mol. The van der Waals surface area contributed by atoms with Crippen molar-refractivity contribution in [3.8, 4) is 0 Å². The minimum Gasteiger partial charge on any atom is -0.348 e. The van der Waals surface area contributed by atoms with Gasteiger partial charge in [-0.1, -0.05) is 34.1 Å². The summed E-state index contributed by atoms with van der Waals surface area (Å²) in [7, 11) is -3.55. The second-order valence-electron chi connectivity index (χ2n) is 7.57. The molecule has 1 fully saturated rings. The van der Waals surface area contributed by atoms with Crippen molar-refractivity contribution in [3.63, 3.8) is 0 Å². The van der Waals surface area contributed by atoms with Crippen molar-refractivity contribution in [2.45, 2.75) is 36.3 Å². The van der Waals surface area contributed by atoms with Crippen LogP contribution >= 0.6 is 27.3 Å². The number of hydrogen-bond acceptors (Lipinski definition) is 5. The molecule has 0 aliphatic carbocycles. The predicted octanol–water partition coefficient (Wildman–Crippen LogP) is 5.39. The number of piperidine rings is 1. The maximum atomic E-state index is 13.6. The van der Waals surface area contributed by atoms with Crippen LogP contribution in [0.2, 0.25) is 0 Å². The molecule has 0 amide bonds. The first-order valence-corrected chi connectivity index (χ1v) is 13.0. The number of aryl methyl sites for hydroxylation is 1. The van der Waals surface area contributed by atoms with E-state index in [2.05, 4.69) is 38.3 Å². The van der Waals surface area contributed by atoms with Gasteiger partial charge in [0.25, 0.3) is 0 Å². The Morgan fingerprint density at radius 2 is 1.97 bits per heavy atom. The van der Waals surface area contributed by atoms with Crippen LogP contribution in [0.25, 0.3) is 0 Å². The third-order valence-corrected chi connectivity index (χ3v) is 9.27. The van der Waals surface area contributed by atoms with Crippen LogP contribution < -0.4 is 4.90 Å². The molecule has 30 heavy (non-hydrogen) atoms. The number of anilines is 1. The third kappa shape index (κ3) is 4.60. The van der Waals surface area contributed by atoms with Crippen LogP contribution in [0.1, 0.15) is 29.7 Å². The van der Waals surface area contributed by atoms with Crippen molar-refractivity contribution in [2.24, 2.45) is 0 Å². The Morgan fingerprint density at radius 1 is 1.20 bits per heavy atom. The number of rotatable bonds is 5. The monoisotopic (exact) mass is 508 g/mol. The fourth-order valence-electron chi connectivity index (χ4n) is 3.80. The summed E-state index contributed by atoms with van der Waals surface area (Å²) >= 11 is 5.09. The lowest BCUT2D eigenvalue weighted by atomic mass is 10.1. The lowest BCUT2D eigenvalue weighted by molar-refractivity contribution is 0.527. The molecule has 158 valence electrons. The predicted molar refractivity (Wildman–Crippen MR) is 123 cm³/mol. The van der Waals surface area contributed by atoms with E-state index < -0.39 is 20.9 Å². The molecule has 8 heteroatoms. The molecule has 0 N–H and O–H groups in total. The van der Waals surface area contributed by atoms with Crippen LogP contribution in [-0.2, 0) is 16.3 Å². The van der Waals surface area contributed by atoms with Gasteiger partial charge >= 0.3 is 0 Å². The molecular formula is C22H22BrFN2O2S2. The Balaban J connectivity index is 1.42. The Hall–Kier alpha value is -1.77. The van der Waals surface area contributed by atoms with Gasteiger partial charge in [0.2, 0.25) is 0 Å². The van der Waals surface area contributed by atoms with Gasteiger partial charge in [-0.05, 0) is 55.2 Å². The molecule has 1 aliphatic rings. The van der Waals surface area contributed by atoms with E-state index in [0.29, 0.717) is 31.5 Å². The summed E-state index contributed by atoms with van der Waals surface area (Å²) in [6, 6.07) is 12.1. The number of hydrogen-bond donors (Lipinski definition) is 0. The summed E-state index contributed by atoms with van der Waals surface area (Å²) in [4.78, 5) is 7.03. The van der Waals surface area contributed by atoms with Gasteiger partial charge in [0.1, 0.15) is 5.82 Å². The zero-order valence-corrected chi connectivity index (χ0v) is 19.7.